The van der Waals surface area contributed by atoms with Gasteiger partial charge >= 0.3 is 0 Å². The number of aromatic amines is 1. The van der Waals surface area contributed by atoms with Crippen LogP contribution in [0.3, 0.4) is 0 Å². The lowest BCUT2D eigenvalue weighted by Gasteiger charge is -2.07. The molecule has 0 radical (unpaired) electrons. The number of aromatic nitrogens is 1. The SMILES string of the molecule is CN(O)Cc1ccc2[nH]ccc2c1. The van der Waals surface area contributed by atoms with Gasteiger partial charge in [-0.2, -0.15) is 5.06 Å². The van der Waals surface area contributed by atoms with E-state index in [9.17, 15) is 0 Å². The minimum absolute atomic E-state index is 0.557. The Morgan fingerprint density at radius 3 is 3.00 bits per heavy atom. The normalized spacial score (nSPS) is 11.3. The van der Waals surface area contributed by atoms with Gasteiger partial charge in [0, 0.05) is 25.3 Å². The van der Waals surface area contributed by atoms with E-state index in [0.717, 1.165) is 11.1 Å². The van der Waals surface area contributed by atoms with E-state index in [1.165, 1.54) is 10.4 Å². The van der Waals surface area contributed by atoms with E-state index in [2.05, 4.69) is 11.1 Å². The number of hydrogen-bond donors (Lipinski definition) is 2. The van der Waals surface area contributed by atoms with Crippen LogP contribution < -0.4 is 0 Å². The summed E-state index contributed by atoms with van der Waals surface area (Å²) in [7, 11) is 1.64. The summed E-state index contributed by atoms with van der Waals surface area (Å²) >= 11 is 0. The van der Waals surface area contributed by atoms with Crippen LogP contribution in [-0.4, -0.2) is 22.3 Å². The molecule has 68 valence electrons. The molecule has 0 aliphatic rings. The van der Waals surface area contributed by atoms with Gasteiger partial charge in [-0.25, -0.2) is 0 Å². The number of fused-ring (bicyclic) bond motifs is 1. The van der Waals surface area contributed by atoms with Gasteiger partial charge in [0.2, 0.25) is 0 Å². The molecule has 0 aliphatic carbocycles. The van der Waals surface area contributed by atoms with Crippen LogP contribution in [0.4, 0.5) is 0 Å². The largest absolute Gasteiger partial charge is 0.361 e. The van der Waals surface area contributed by atoms with E-state index in [0.29, 0.717) is 6.54 Å². The predicted octanol–water partition coefficient (Wildman–Crippen LogP) is 1.99. The number of benzene rings is 1. The first-order valence-corrected chi connectivity index (χ1v) is 4.22. The first kappa shape index (κ1) is 8.29. The zero-order valence-corrected chi connectivity index (χ0v) is 7.49. The first-order chi connectivity index (χ1) is 6.25. The third kappa shape index (κ3) is 1.71. The fourth-order valence-corrected chi connectivity index (χ4v) is 1.47. The van der Waals surface area contributed by atoms with Gasteiger partial charge in [-0.05, 0) is 29.1 Å². The highest BCUT2D eigenvalue weighted by molar-refractivity contribution is 5.79. The van der Waals surface area contributed by atoms with Crippen molar-refractivity contribution in [3.05, 3.63) is 36.0 Å². The van der Waals surface area contributed by atoms with Gasteiger partial charge in [-0.15, -0.1) is 0 Å². The molecule has 3 nitrogen and oxygen atoms in total. The molecule has 1 aromatic carbocycles. The van der Waals surface area contributed by atoms with Crippen molar-refractivity contribution in [2.24, 2.45) is 0 Å². The van der Waals surface area contributed by atoms with Crippen LogP contribution in [0, 0.1) is 0 Å². The molecular weight excluding hydrogens is 164 g/mol. The highest BCUT2D eigenvalue weighted by Gasteiger charge is 1.98. The molecule has 3 heteroatoms. The second kappa shape index (κ2) is 3.20. The molecule has 1 heterocycles. The maximum atomic E-state index is 9.05. The summed E-state index contributed by atoms with van der Waals surface area (Å²) in [6, 6.07) is 8.12. The molecule has 13 heavy (non-hydrogen) atoms. The van der Waals surface area contributed by atoms with E-state index in [1.54, 1.807) is 7.05 Å². The second-order valence-electron chi connectivity index (χ2n) is 3.22. The number of nitrogens with zero attached hydrogens (tertiary/aromatic N) is 1. The molecule has 0 spiro atoms. The molecule has 0 bridgehead atoms. The van der Waals surface area contributed by atoms with Crippen molar-refractivity contribution < 1.29 is 5.21 Å². The summed E-state index contributed by atoms with van der Waals surface area (Å²) in [4.78, 5) is 3.12. The monoisotopic (exact) mass is 176 g/mol. The Bertz CT molecular complexity index is 406. The van der Waals surface area contributed by atoms with Crippen molar-refractivity contribution in [2.75, 3.05) is 7.05 Å². The Morgan fingerprint density at radius 1 is 1.38 bits per heavy atom. The quantitative estimate of drug-likeness (QED) is 0.687. The molecule has 2 rings (SSSR count). The van der Waals surface area contributed by atoms with Crippen LogP contribution in [-0.2, 0) is 6.54 Å². The Balaban J connectivity index is 2.37. The topological polar surface area (TPSA) is 39.3 Å². The van der Waals surface area contributed by atoms with Crippen LogP contribution in [0.2, 0.25) is 0 Å². The number of hydrogen-bond acceptors (Lipinski definition) is 2. The standard InChI is InChI=1S/C10H12N2O/c1-12(13)7-8-2-3-10-9(6-8)4-5-11-10/h2-6,11,13H,7H2,1H3. The Morgan fingerprint density at radius 2 is 2.23 bits per heavy atom. The molecule has 0 amide bonds. The van der Waals surface area contributed by atoms with E-state index in [-0.39, 0.29) is 0 Å². The summed E-state index contributed by atoms with van der Waals surface area (Å²) in [5.41, 5.74) is 2.24. The Labute approximate surface area is 76.6 Å². The van der Waals surface area contributed by atoms with Gasteiger partial charge in [0.25, 0.3) is 0 Å². The molecule has 0 aliphatic heterocycles. The van der Waals surface area contributed by atoms with Gasteiger partial charge in [-0.3, -0.25) is 0 Å². The summed E-state index contributed by atoms with van der Waals surface area (Å²) in [6.07, 6.45) is 1.91. The number of hydroxylamine groups is 2. The van der Waals surface area contributed by atoms with Crippen molar-refractivity contribution >= 4 is 10.9 Å². The third-order valence-corrected chi connectivity index (χ3v) is 2.03. The maximum Gasteiger partial charge on any atom is 0.0485 e. The lowest BCUT2D eigenvalue weighted by Crippen LogP contribution is -2.11. The predicted molar refractivity (Wildman–Crippen MR) is 51.6 cm³/mol. The van der Waals surface area contributed by atoms with Gasteiger partial charge in [-0.1, -0.05) is 6.07 Å². The molecule has 2 N–H and O–H groups in total. The molecule has 0 atom stereocenters. The molecule has 0 unspecified atom stereocenters. The van der Waals surface area contributed by atoms with Gasteiger partial charge in [0.15, 0.2) is 0 Å². The lowest BCUT2D eigenvalue weighted by atomic mass is 10.1. The molecule has 0 fully saturated rings. The van der Waals surface area contributed by atoms with Crippen molar-refractivity contribution in [1.29, 1.82) is 0 Å². The lowest BCUT2D eigenvalue weighted by molar-refractivity contribution is -0.0731. The van der Waals surface area contributed by atoms with Crippen LogP contribution in [0.15, 0.2) is 30.5 Å². The van der Waals surface area contributed by atoms with Crippen LogP contribution in [0.25, 0.3) is 10.9 Å². The van der Waals surface area contributed by atoms with E-state index < -0.39 is 0 Å². The zero-order chi connectivity index (χ0) is 9.26. The van der Waals surface area contributed by atoms with Crippen LogP contribution in [0.5, 0.6) is 0 Å². The Kier molecular flexibility index (Phi) is 2.04. The van der Waals surface area contributed by atoms with E-state index in [4.69, 9.17) is 5.21 Å². The van der Waals surface area contributed by atoms with Crippen molar-refractivity contribution in [3.8, 4) is 0 Å². The average molecular weight is 176 g/mol. The second-order valence-corrected chi connectivity index (χ2v) is 3.22. The average Bonchev–Trinajstić information content (AvgIpc) is 2.49. The zero-order valence-electron chi connectivity index (χ0n) is 7.49. The molecule has 1 aromatic heterocycles. The molecule has 2 aromatic rings. The summed E-state index contributed by atoms with van der Waals surface area (Å²) in [5.74, 6) is 0. The number of H-pyrrole nitrogens is 1. The minimum Gasteiger partial charge on any atom is -0.361 e. The fourth-order valence-electron chi connectivity index (χ4n) is 1.47. The molecular formula is C10H12N2O. The van der Waals surface area contributed by atoms with Crippen LogP contribution in [0.1, 0.15) is 5.56 Å². The van der Waals surface area contributed by atoms with E-state index in [1.807, 2.05) is 24.4 Å². The van der Waals surface area contributed by atoms with Crippen LogP contribution >= 0.6 is 0 Å². The van der Waals surface area contributed by atoms with Crippen molar-refractivity contribution in [2.45, 2.75) is 6.54 Å². The maximum absolute atomic E-state index is 9.05. The highest BCUT2D eigenvalue weighted by Crippen LogP contribution is 2.14. The van der Waals surface area contributed by atoms with Crippen molar-refractivity contribution in [3.63, 3.8) is 0 Å². The summed E-state index contributed by atoms with van der Waals surface area (Å²) in [6.45, 7) is 0.557. The smallest absolute Gasteiger partial charge is 0.0485 e. The first-order valence-electron chi connectivity index (χ1n) is 4.22. The van der Waals surface area contributed by atoms with Crippen molar-refractivity contribution in [1.82, 2.24) is 10.0 Å². The fraction of sp³-hybridized carbons (Fsp3) is 0.200. The van der Waals surface area contributed by atoms with E-state index >= 15 is 0 Å². The summed E-state index contributed by atoms with van der Waals surface area (Å²) in [5, 5.41) is 11.4. The Hall–Kier alpha value is -1.32. The molecule has 0 saturated carbocycles. The van der Waals surface area contributed by atoms with Gasteiger partial charge in [0.1, 0.15) is 0 Å². The van der Waals surface area contributed by atoms with Gasteiger partial charge in [0.05, 0.1) is 0 Å². The van der Waals surface area contributed by atoms with Gasteiger partial charge < -0.3 is 10.2 Å². The number of nitrogens with one attached hydrogen (secondary N) is 1. The molecule has 0 saturated heterocycles. The summed E-state index contributed by atoms with van der Waals surface area (Å²) < 4.78 is 0. The highest BCUT2D eigenvalue weighted by atomic mass is 16.5. The minimum atomic E-state index is 0.557. The third-order valence-electron chi connectivity index (χ3n) is 2.03. The number of rotatable bonds is 2.